The molecule has 7 nitrogen and oxygen atoms in total. The molecule has 30 heavy (non-hydrogen) atoms. The molecule has 0 unspecified atom stereocenters. The smallest absolute Gasteiger partial charge is 0.419 e. The van der Waals surface area contributed by atoms with Crippen LogP contribution in [0.15, 0.2) is 59.5 Å². The van der Waals surface area contributed by atoms with Crippen LogP contribution in [-0.4, -0.2) is 39.2 Å². The number of hydrogen-bond acceptors (Lipinski definition) is 5. The fourth-order valence-electron chi connectivity index (χ4n) is 2.54. The molecule has 1 amide bonds. The van der Waals surface area contributed by atoms with Crippen LogP contribution in [0.2, 0.25) is 0 Å². The summed E-state index contributed by atoms with van der Waals surface area (Å²) in [7, 11) is -2.28. The Bertz CT molecular complexity index is 907. The molecule has 0 aromatic heterocycles. The molecule has 2 aromatic rings. The molecule has 2 rings (SSSR count). The Balaban J connectivity index is 2.25. The second kappa shape index (κ2) is 9.70. The summed E-state index contributed by atoms with van der Waals surface area (Å²) < 4.78 is 59.0. The van der Waals surface area contributed by atoms with Crippen LogP contribution in [0.1, 0.15) is 11.1 Å². The largest absolute Gasteiger partial charge is 0.445 e. The third-order valence-corrected chi connectivity index (χ3v) is 5.71. The van der Waals surface area contributed by atoms with Crippen molar-refractivity contribution >= 4 is 16.9 Å². The molecule has 0 radical (unpaired) electrons. The lowest BCUT2D eigenvalue weighted by Gasteiger charge is -2.32. The van der Waals surface area contributed by atoms with Gasteiger partial charge in [0.05, 0.1) is 16.6 Å². The van der Waals surface area contributed by atoms with Crippen molar-refractivity contribution in [3.05, 3.63) is 75.8 Å². The predicted octanol–water partition coefficient (Wildman–Crippen LogP) is 3.61. The number of ether oxygens (including phenoxy) is 1. The lowest BCUT2D eigenvalue weighted by Crippen LogP contribution is -2.65. The van der Waals surface area contributed by atoms with Gasteiger partial charge < -0.3 is 10.1 Å². The van der Waals surface area contributed by atoms with Gasteiger partial charge in [0.2, 0.25) is 12.1 Å². The first-order valence-corrected chi connectivity index (χ1v) is 9.97. The highest BCUT2D eigenvalue weighted by Gasteiger charge is 2.61. The van der Waals surface area contributed by atoms with Gasteiger partial charge >= 0.3 is 12.3 Å². The standard InChI is InChI=1S/C19H19F3N2O5S/c1-14-7-9-16(10-8-14)30(28)13-18(12-24(26)27,19(20,21)22)23-17(25)29-11-15-5-3-2-4-6-15/h2-10H,11-13H2,1H3,(H,23,25)/t18-,30-/m1/s1. The zero-order valence-electron chi connectivity index (χ0n) is 15.8. The lowest BCUT2D eigenvalue weighted by molar-refractivity contribution is -0.499. The average molecular weight is 444 g/mol. The average Bonchev–Trinajstić information content (AvgIpc) is 2.66. The monoisotopic (exact) mass is 444 g/mol. The highest BCUT2D eigenvalue weighted by molar-refractivity contribution is 7.85. The van der Waals surface area contributed by atoms with E-state index in [9.17, 15) is 32.3 Å². The molecule has 0 aliphatic rings. The minimum Gasteiger partial charge on any atom is -0.445 e. The second-order valence-electron chi connectivity index (χ2n) is 6.56. The number of nitrogens with zero attached hydrogens (tertiary/aromatic N) is 1. The van der Waals surface area contributed by atoms with Gasteiger partial charge in [0, 0.05) is 9.82 Å². The number of alkyl carbamates (subject to hydrolysis) is 1. The van der Waals surface area contributed by atoms with Crippen LogP contribution in [0.5, 0.6) is 0 Å². The van der Waals surface area contributed by atoms with Crippen molar-refractivity contribution in [2.24, 2.45) is 0 Å². The normalized spacial score (nSPS) is 14.4. The molecule has 0 aliphatic carbocycles. The summed E-state index contributed by atoms with van der Waals surface area (Å²) in [4.78, 5) is 21.9. The number of hydrogen-bond donors (Lipinski definition) is 1. The fourth-order valence-corrected chi connectivity index (χ4v) is 3.92. The van der Waals surface area contributed by atoms with Crippen LogP contribution < -0.4 is 5.32 Å². The Morgan fingerprint density at radius 2 is 1.73 bits per heavy atom. The van der Waals surface area contributed by atoms with Gasteiger partial charge in [-0.2, -0.15) is 13.2 Å². The van der Waals surface area contributed by atoms with Gasteiger partial charge in [-0.1, -0.05) is 48.0 Å². The molecular formula is C19H19F3N2O5S. The van der Waals surface area contributed by atoms with Gasteiger partial charge in [0.25, 0.3) is 0 Å². The summed E-state index contributed by atoms with van der Waals surface area (Å²) >= 11 is 0. The van der Waals surface area contributed by atoms with Crippen LogP contribution in [0.3, 0.4) is 0 Å². The number of nitro groups is 1. The van der Waals surface area contributed by atoms with E-state index in [1.54, 1.807) is 54.7 Å². The summed E-state index contributed by atoms with van der Waals surface area (Å²) in [6.45, 7) is -0.293. The van der Waals surface area contributed by atoms with Crippen molar-refractivity contribution in [3.8, 4) is 0 Å². The van der Waals surface area contributed by atoms with Crippen LogP contribution in [0.4, 0.5) is 18.0 Å². The van der Waals surface area contributed by atoms with E-state index in [1.165, 1.54) is 12.1 Å². The number of aryl methyl sites for hydroxylation is 1. The fraction of sp³-hybridized carbons (Fsp3) is 0.316. The minimum atomic E-state index is -5.26. The number of benzene rings is 2. The lowest BCUT2D eigenvalue weighted by atomic mass is 10.0. The van der Waals surface area contributed by atoms with Crippen molar-refractivity contribution in [1.29, 1.82) is 0 Å². The molecule has 0 spiro atoms. The molecule has 1 N–H and O–H groups in total. The van der Waals surface area contributed by atoms with E-state index in [-0.39, 0.29) is 11.5 Å². The van der Waals surface area contributed by atoms with E-state index in [4.69, 9.17) is 4.74 Å². The molecule has 2 aromatic carbocycles. The van der Waals surface area contributed by atoms with Crippen molar-refractivity contribution in [2.75, 3.05) is 12.3 Å². The molecule has 0 aliphatic heterocycles. The summed E-state index contributed by atoms with van der Waals surface area (Å²) in [5.74, 6) is -1.24. The van der Waals surface area contributed by atoms with Gasteiger partial charge in [0.15, 0.2) is 0 Å². The van der Waals surface area contributed by atoms with E-state index >= 15 is 0 Å². The van der Waals surface area contributed by atoms with Crippen molar-refractivity contribution < 1.29 is 31.8 Å². The number of nitrogens with one attached hydrogen (secondary N) is 1. The third kappa shape index (κ3) is 6.28. The quantitative estimate of drug-likeness (QED) is 0.496. The molecule has 0 saturated carbocycles. The van der Waals surface area contributed by atoms with E-state index in [2.05, 4.69) is 0 Å². The first kappa shape index (κ1) is 23.3. The first-order valence-electron chi connectivity index (χ1n) is 8.65. The number of carbonyl (C=O) groups excluding carboxylic acids is 1. The van der Waals surface area contributed by atoms with Crippen molar-refractivity contribution in [3.63, 3.8) is 0 Å². The number of halogens is 3. The van der Waals surface area contributed by atoms with E-state index in [0.29, 0.717) is 5.56 Å². The Kier molecular flexibility index (Phi) is 7.54. The maximum Gasteiger partial charge on any atom is 0.419 e. The van der Waals surface area contributed by atoms with Gasteiger partial charge in [0.1, 0.15) is 6.61 Å². The summed E-state index contributed by atoms with van der Waals surface area (Å²) in [5.41, 5.74) is -2.06. The summed E-state index contributed by atoms with van der Waals surface area (Å²) in [6, 6.07) is 14.0. The van der Waals surface area contributed by atoms with Crippen molar-refractivity contribution in [2.45, 2.75) is 30.1 Å². The molecule has 0 bridgehead atoms. The van der Waals surface area contributed by atoms with Gasteiger partial charge in [-0.05, 0) is 24.6 Å². The highest BCUT2D eigenvalue weighted by Crippen LogP contribution is 2.33. The maximum atomic E-state index is 13.9. The zero-order chi connectivity index (χ0) is 22.4. The van der Waals surface area contributed by atoms with Crippen molar-refractivity contribution in [1.82, 2.24) is 5.32 Å². The molecule has 11 heteroatoms. The van der Waals surface area contributed by atoms with E-state index in [0.717, 1.165) is 5.56 Å². The number of rotatable bonds is 8. The number of amides is 1. The summed E-state index contributed by atoms with van der Waals surface area (Å²) in [6.07, 6.45) is -6.76. The highest BCUT2D eigenvalue weighted by atomic mass is 32.2. The Morgan fingerprint density at radius 3 is 2.27 bits per heavy atom. The second-order valence-corrected chi connectivity index (χ2v) is 8.01. The van der Waals surface area contributed by atoms with Crippen LogP contribution in [0.25, 0.3) is 0 Å². The zero-order valence-corrected chi connectivity index (χ0v) is 16.7. The Hall–Kier alpha value is -2.95. The van der Waals surface area contributed by atoms with Crippen LogP contribution in [-0.2, 0) is 22.1 Å². The molecular weight excluding hydrogens is 425 g/mol. The van der Waals surface area contributed by atoms with E-state index < -0.39 is 45.8 Å². The molecule has 162 valence electrons. The SMILES string of the molecule is Cc1ccc([S@](=O)C[C@@](C[N+](=O)[O-])(NC(=O)OCc2ccccc2)C(F)(F)F)cc1. The summed E-state index contributed by atoms with van der Waals surface area (Å²) in [5, 5.41) is 12.6. The van der Waals surface area contributed by atoms with Gasteiger partial charge in [-0.15, -0.1) is 0 Å². The van der Waals surface area contributed by atoms with Gasteiger partial charge in [-0.25, -0.2) is 4.79 Å². The Labute approximate surface area is 172 Å². The van der Waals surface area contributed by atoms with E-state index in [1.807, 2.05) is 0 Å². The third-order valence-electron chi connectivity index (χ3n) is 4.16. The maximum absolute atomic E-state index is 13.9. The van der Waals surface area contributed by atoms with Crippen LogP contribution in [0, 0.1) is 17.0 Å². The topological polar surface area (TPSA) is 98.5 Å². The number of carbonyl (C=O) groups is 1. The predicted molar refractivity (Wildman–Crippen MR) is 103 cm³/mol. The molecule has 0 heterocycles. The minimum absolute atomic E-state index is 0.0528. The molecule has 2 atom stereocenters. The first-order chi connectivity index (χ1) is 14.0. The molecule has 0 fully saturated rings. The van der Waals surface area contributed by atoms with Crippen LogP contribution >= 0.6 is 0 Å². The molecule has 0 saturated heterocycles. The van der Waals surface area contributed by atoms with Gasteiger partial charge in [-0.3, -0.25) is 14.3 Å². The number of alkyl halides is 3. The Morgan fingerprint density at radius 1 is 1.13 bits per heavy atom.